The lowest BCUT2D eigenvalue weighted by atomic mass is 10.0. The second kappa shape index (κ2) is 6.43. The Kier molecular flexibility index (Phi) is 4.63. The molecule has 0 saturated heterocycles. The second-order valence-corrected chi connectivity index (χ2v) is 4.53. The van der Waals surface area contributed by atoms with Crippen LogP contribution in [-0.2, 0) is 13.0 Å². The maximum Gasteiger partial charge on any atom is 0.124 e. The summed E-state index contributed by atoms with van der Waals surface area (Å²) in [6.45, 7) is 2.84. The van der Waals surface area contributed by atoms with Crippen molar-refractivity contribution in [2.24, 2.45) is 0 Å². The van der Waals surface area contributed by atoms with E-state index in [9.17, 15) is 5.11 Å². The van der Waals surface area contributed by atoms with Gasteiger partial charge in [-0.25, -0.2) is 0 Å². The van der Waals surface area contributed by atoms with Crippen LogP contribution in [-0.4, -0.2) is 29.1 Å². The molecule has 5 nitrogen and oxygen atoms in total. The van der Waals surface area contributed by atoms with Crippen LogP contribution in [0.3, 0.4) is 0 Å². The van der Waals surface area contributed by atoms with Crippen molar-refractivity contribution in [3.05, 3.63) is 41.7 Å². The van der Waals surface area contributed by atoms with Crippen LogP contribution >= 0.6 is 0 Å². The number of aryl methyl sites for hydroxylation is 1. The van der Waals surface area contributed by atoms with Crippen LogP contribution in [0.15, 0.2) is 30.6 Å². The third kappa shape index (κ3) is 3.11. The van der Waals surface area contributed by atoms with Crippen LogP contribution < -0.4 is 9.47 Å². The minimum absolute atomic E-state index is 0.490. The minimum atomic E-state index is -0.658. The van der Waals surface area contributed by atoms with Crippen LogP contribution in [0.25, 0.3) is 0 Å². The van der Waals surface area contributed by atoms with Crippen LogP contribution in [0, 0.1) is 0 Å². The highest BCUT2D eigenvalue weighted by Gasteiger charge is 2.16. The first-order chi connectivity index (χ1) is 9.67. The normalized spacial score (nSPS) is 12.2. The Morgan fingerprint density at radius 3 is 2.70 bits per heavy atom. The van der Waals surface area contributed by atoms with Gasteiger partial charge in [0.2, 0.25) is 0 Å². The van der Waals surface area contributed by atoms with Gasteiger partial charge in [0, 0.05) is 24.7 Å². The van der Waals surface area contributed by atoms with E-state index in [-0.39, 0.29) is 0 Å². The molecule has 1 N–H and O–H groups in total. The summed E-state index contributed by atoms with van der Waals surface area (Å²) in [6.07, 6.45) is 3.55. The maximum absolute atomic E-state index is 10.4. The van der Waals surface area contributed by atoms with Gasteiger partial charge in [0.25, 0.3) is 0 Å². The Morgan fingerprint density at radius 2 is 2.10 bits per heavy atom. The Bertz CT molecular complexity index is 566. The number of rotatable bonds is 6. The molecule has 0 amide bonds. The Balaban J connectivity index is 2.20. The lowest BCUT2D eigenvalue weighted by Gasteiger charge is -2.15. The van der Waals surface area contributed by atoms with E-state index in [4.69, 9.17) is 9.47 Å². The van der Waals surface area contributed by atoms with Crippen LogP contribution in [0.2, 0.25) is 0 Å². The lowest BCUT2D eigenvalue weighted by molar-refractivity contribution is 0.173. The molecule has 0 saturated carbocycles. The van der Waals surface area contributed by atoms with Crippen molar-refractivity contribution in [3.8, 4) is 11.5 Å². The van der Waals surface area contributed by atoms with Crippen molar-refractivity contribution in [2.75, 3.05) is 14.2 Å². The molecule has 0 fully saturated rings. The molecule has 0 aliphatic rings. The number of hydrogen-bond donors (Lipinski definition) is 1. The molecule has 0 spiro atoms. The Labute approximate surface area is 118 Å². The van der Waals surface area contributed by atoms with Crippen molar-refractivity contribution in [1.82, 2.24) is 9.78 Å². The fourth-order valence-electron chi connectivity index (χ4n) is 2.12. The summed E-state index contributed by atoms with van der Waals surface area (Å²) in [7, 11) is 3.19. The van der Waals surface area contributed by atoms with Gasteiger partial charge >= 0.3 is 0 Å². The molecule has 1 unspecified atom stereocenters. The average molecular weight is 276 g/mol. The first-order valence-electron chi connectivity index (χ1n) is 6.59. The van der Waals surface area contributed by atoms with Crippen molar-refractivity contribution in [1.29, 1.82) is 0 Å². The molecule has 5 heteroatoms. The minimum Gasteiger partial charge on any atom is -0.497 e. The van der Waals surface area contributed by atoms with Crippen LogP contribution in [0.5, 0.6) is 11.5 Å². The van der Waals surface area contributed by atoms with Crippen LogP contribution in [0.1, 0.15) is 24.2 Å². The summed E-state index contributed by atoms with van der Waals surface area (Å²) in [6, 6.07) is 5.41. The highest BCUT2D eigenvalue weighted by atomic mass is 16.5. The van der Waals surface area contributed by atoms with Gasteiger partial charge in [0.1, 0.15) is 11.5 Å². The predicted octanol–water partition coefficient (Wildman–Crippen LogP) is 2.20. The predicted molar refractivity (Wildman–Crippen MR) is 76.1 cm³/mol. The molecule has 108 valence electrons. The first-order valence-corrected chi connectivity index (χ1v) is 6.59. The second-order valence-electron chi connectivity index (χ2n) is 4.53. The number of benzene rings is 1. The molecule has 0 aliphatic heterocycles. The SMILES string of the molecule is CCn1cc(CC(O)c2cc(OC)ccc2OC)cn1. The summed E-state index contributed by atoms with van der Waals surface area (Å²) >= 11 is 0. The standard InChI is InChI=1S/C15H20N2O3/c1-4-17-10-11(9-16-17)7-14(18)13-8-12(19-2)5-6-15(13)20-3/h5-6,8-10,14,18H,4,7H2,1-3H3. The maximum atomic E-state index is 10.4. The van der Waals surface area contributed by atoms with E-state index in [1.54, 1.807) is 32.5 Å². The van der Waals surface area contributed by atoms with Gasteiger partial charge in [-0.15, -0.1) is 0 Å². The number of aliphatic hydroxyl groups is 1. The largest absolute Gasteiger partial charge is 0.497 e. The molecule has 2 rings (SSSR count). The Hall–Kier alpha value is -2.01. The summed E-state index contributed by atoms with van der Waals surface area (Å²) in [5, 5.41) is 14.6. The van der Waals surface area contributed by atoms with Crippen molar-refractivity contribution in [2.45, 2.75) is 26.0 Å². The number of aromatic nitrogens is 2. The zero-order chi connectivity index (χ0) is 14.5. The topological polar surface area (TPSA) is 56.5 Å². The number of methoxy groups -OCH3 is 2. The molecular formula is C15H20N2O3. The highest BCUT2D eigenvalue weighted by Crippen LogP contribution is 2.31. The number of nitrogens with zero attached hydrogens (tertiary/aromatic N) is 2. The fraction of sp³-hybridized carbons (Fsp3) is 0.400. The van der Waals surface area contributed by atoms with Crippen molar-refractivity contribution < 1.29 is 14.6 Å². The smallest absolute Gasteiger partial charge is 0.124 e. The third-order valence-corrected chi connectivity index (χ3v) is 3.24. The van der Waals surface area contributed by atoms with E-state index in [2.05, 4.69) is 5.10 Å². The molecule has 0 aliphatic carbocycles. The van der Waals surface area contributed by atoms with Gasteiger partial charge in [-0.2, -0.15) is 5.10 Å². The van der Waals surface area contributed by atoms with E-state index in [1.165, 1.54) is 0 Å². The third-order valence-electron chi connectivity index (χ3n) is 3.24. The fourth-order valence-corrected chi connectivity index (χ4v) is 2.12. The molecule has 1 atom stereocenters. The zero-order valence-electron chi connectivity index (χ0n) is 12.0. The average Bonchev–Trinajstić information content (AvgIpc) is 2.94. The van der Waals surface area contributed by atoms with E-state index in [0.717, 1.165) is 17.7 Å². The van der Waals surface area contributed by atoms with Crippen molar-refractivity contribution in [3.63, 3.8) is 0 Å². The van der Waals surface area contributed by atoms with Crippen molar-refractivity contribution >= 4 is 0 Å². The van der Waals surface area contributed by atoms with Gasteiger partial charge in [-0.05, 0) is 30.7 Å². The van der Waals surface area contributed by atoms with Gasteiger partial charge < -0.3 is 14.6 Å². The van der Waals surface area contributed by atoms with Crippen LogP contribution in [0.4, 0.5) is 0 Å². The van der Waals surface area contributed by atoms with E-state index in [1.807, 2.05) is 23.9 Å². The summed E-state index contributed by atoms with van der Waals surface area (Å²) in [4.78, 5) is 0. The molecule has 1 aromatic heterocycles. The molecule has 1 aromatic carbocycles. The van der Waals surface area contributed by atoms with E-state index >= 15 is 0 Å². The van der Waals surface area contributed by atoms with E-state index < -0.39 is 6.10 Å². The van der Waals surface area contributed by atoms with E-state index in [0.29, 0.717) is 17.9 Å². The van der Waals surface area contributed by atoms with Gasteiger partial charge in [-0.1, -0.05) is 0 Å². The summed E-state index contributed by atoms with van der Waals surface area (Å²) in [5.41, 5.74) is 1.71. The quantitative estimate of drug-likeness (QED) is 0.878. The first kappa shape index (κ1) is 14.4. The van der Waals surface area contributed by atoms with Gasteiger partial charge in [0.05, 0.1) is 26.5 Å². The summed E-state index contributed by atoms with van der Waals surface area (Å²) in [5.74, 6) is 1.35. The molecule has 0 radical (unpaired) electrons. The Morgan fingerprint density at radius 1 is 1.30 bits per heavy atom. The molecular weight excluding hydrogens is 256 g/mol. The number of hydrogen-bond acceptors (Lipinski definition) is 4. The summed E-state index contributed by atoms with van der Waals surface area (Å²) < 4.78 is 12.3. The van der Waals surface area contributed by atoms with Gasteiger partial charge in [-0.3, -0.25) is 4.68 Å². The molecule has 2 aromatic rings. The molecule has 0 bridgehead atoms. The highest BCUT2D eigenvalue weighted by molar-refractivity contribution is 5.42. The lowest BCUT2D eigenvalue weighted by Crippen LogP contribution is -2.04. The van der Waals surface area contributed by atoms with Gasteiger partial charge in [0.15, 0.2) is 0 Å². The zero-order valence-corrected chi connectivity index (χ0v) is 12.0. The molecule has 1 heterocycles. The number of aliphatic hydroxyl groups excluding tert-OH is 1. The molecule has 20 heavy (non-hydrogen) atoms. The monoisotopic (exact) mass is 276 g/mol. The number of ether oxygens (including phenoxy) is 2.